The number of hydrogen-bond donors (Lipinski definition) is 2. The third-order valence-corrected chi connectivity index (χ3v) is 3.02. The van der Waals surface area contributed by atoms with Gasteiger partial charge in [0.15, 0.2) is 0 Å². The number of nitrogens with zero attached hydrogens (tertiary/aromatic N) is 1. The van der Waals surface area contributed by atoms with Crippen LogP contribution in [-0.4, -0.2) is 37.0 Å². The van der Waals surface area contributed by atoms with Crippen LogP contribution in [0, 0.1) is 12.7 Å². The molecule has 1 amide bonds. The Morgan fingerprint density at radius 3 is 2.71 bits per heavy atom. The molecule has 1 heterocycles. The van der Waals surface area contributed by atoms with Gasteiger partial charge in [-0.1, -0.05) is 6.07 Å². The van der Waals surface area contributed by atoms with Crippen LogP contribution >= 0.6 is 0 Å². The van der Waals surface area contributed by atoms with Crippen LogP contribution in [0.3, 0.4) is 0 Å². The van der Waals surface area contributed by atoms with Gasteiger partial charge in [-0.3, -0.25) is 4.79 Å². The van der Waals surface area contributed by atoms with Crippen molar-refractivity contribution in [3.05, 3.63) is 29.1 Å². The van der Waals surface area contributed by atoms with Crippen molar-refractivity contribution >= 4 is 11.6 Å². The number of halogens is 1. The Morgan fingerprint density at radius 1 is 1.41 bits per heavy atom. The van der Waals surface area contributed by atoms with Crippen molar-refractivity contribution in [2.24, 2.45) is 0 Å². The number of nitrogen functional groups attached to an aromatic ring is 1. The van der Waals surface area contributed by atoms with Gasteiger partial charge in [-0.05, 0) is 18.6 Å². The minimum atomic E-state index is -0.533. The van der Waals surface area contributed by atoms with Crippen LogP contribution in [0.4, 0.5) is 10.1 Å². The summed E-state index contributed by atoms with van der Waals surface area (Å²) in [5, 5.41) is 3.16. The zero-order valence-corrected chi connectivity index (χ0v) is 9.79. The van der Waals surface area contributed by atoms with Crippen molar-refractivity contribution in [3.63, 3.8) is 0 Å². The second-order valence-corrected chi connectivity index (χ2v) is 4.20. The highest BCUT2D eigenvalue weighted by Gasteiger charge is 2.22. The molecular formula is C12H16FN3O. The predicted octanol–water partition coefficient (Wildman–Crippen LogP) is 0.762. The van der Waals surface area contributed by atoms with Gasteiger partial charge in [-0.2, -0.15) is 0 Å². The maximum Gasteiger partial charge on any atom is 0.256 e. The smallest absolute Gasteiger partial charge is 0.256 e. The second-order valence-electron chi connectivity index (χ2n) is 4.20. The van der Waals surface area contributed by atoms with E-state index in [0.717, 1.165) is 13.1 Å². The van der Waals surface area contributed by atoms with E-state index < -0.39 is 5.82 Å². The van der Waals surface area contributed by atoms with E-state index in [2.05, 4.69) is 5.32 Å². The van der Waals surface area contributed by atoms with Crippen LogP contribution in [0.25, 0.3) is 0 Å². The lowest BCUT2D eigenvalue weighted by molar-refractivity contribution is 0.0735. The number of amides is 1. The monoisotopic (exact) mass is 237 g/mol. The molecule has 5 heteroatoms. The maximum atomic E-state index is 13.4. The number of carbonyl (C=O) groups excluding carboxylic acids is 1. The molecule has 1 fully saturated rings. The van der Waals surface area contributed by atoms with Crippen molar-refractivity contribution in [2.45, 2.75) is 6.92 Å². The SMILES string of the molecule is Cc1ccc(F)c(N)c1C(=O)N1CCNCC1. The first-order valence-corrected chi connectivity index (χ1v) is 5.66. The molecule has 1 aliphatic rings. The molecule has 0 aromatic heterocycles. The molecule has 1 aromatic rings. The number of nitrogens with one attached hydrogen (secondary N) is 1. The minimum Gasteiger partial charge on any atom is -0.396 e. The summed E-state index contributed by atoms with van der Waals surface area (Å²) in [4.78, 5) is 13.9. The van der Waals surface area contributed by atoms with Crippen LogP contribution in [0.5, 0.6) is 0 Å². The van der Waals surface area contributed by atoms with E-state index in [-0.39, 0.29) is 11.6 Å². The van der Waals surface area contributed by atoms with Gasteiger partial charge in [0.2, 0.25) is 0 Å². The van der Waals surface area contributed by atoms with E-state index in [0.29, 0.717) is 24.2 Å². The van der Waals surface area contributed by atoms with Crippen molar-refractivity contribution in [3.8, 4) is 0 Å². The summed E-state index contributed by atoms with van der Waals surface area (Å²) in [5.74, 6) is -0.713. The molecule has 0 bridgehead atoms. The molecule has 1 saturated heterocycles. The summed E-state index contributed by atoms with van der Waals surface area (Å²) < 4.78 is 13.4. The van der Waals surface area contributed by atoms with Gasteiger partial charge >= 0.3 is 0 Å². The molecule has 0 atom stereocenters. The van der Waals surface area contributed by atoms with Crippen LogP contribution in [0.1, 0.15) is 15.9 Å². The number of carbonyl (C=O) groups is 1. The van der Waals surface area contributed by atoms with E-state index in [1.54, 1.807) is 17.9 Å². The van der Waals surface area contributed by atoms with Gasteiger partial charge in [0.1, 0.15) is 5.82 Å². The Bertz CT molecular complexity index is 442. The molecule has 4 nitrogen and oxygen atoms in total. The quantitative estimate of drug-likeness (QED) is 0.709. The van der Waals surface area contributed by atoms with Gasteiger partial charge in [0.25, 0.3) is 5.91 Å². The molecule has 0 saturated carbocycles. The Kier molecular flexibility index (Phi) is 3.28. The number of piperazine rings is 1. The van der Waals surface area contributed by atoms with E-state index in [4.69, 9.17) is 5.73 Å². The summed E-state index contributed by atoms with van der Waals surface area (Å²) in [7, 11) is 0. The third kappa shape index (κ3) is 2.24. The second kappa shape index (κ2) is 4.71. The van der Waals surface area contributed by atoms with E-state index in [1.807, 2.05) is 0 Å². The Hall–Kier alpha value is -1.62. The highest BCUT2D eigenvalue weighted by atomic mass is 19.1. The first-order chi connectivity index (χ1) is 8.11. The van der Waals surface area contributed by atoms with E-state index >= 15 is 0 Å². The van der Waals surface area contributed by atoms with Crippen LogP contribution in [0.15, 0.2) is 12.1 Å². The standard InChI is InChI=1S/C12H16FN3O/c1-8-2-3-9(13)11(14)10(8)12(17)16-6-4-15-5-7-16/h2-3,15H,4-7,14H2,1H3. The zero-order valence-electron chi connectivity index (χ0n) is 9.79. The van der Waals surface area contributed by atoms with Gasteiger partial charge in [-0.15, -0.1) is 0 Å². The fraction of sp³-hybridized carbons (Fsp3) is 0.417. The van der Waals surface area contributed by atoms with Crippen molar-refractivity contribution in [1.29, 1.82) is 0 Å². The van der Waals surface area contributed by atoms with Crippen molar-refractivity contribution in [2.75, 3.05) is 31.9 Å². The third-order valence-electron chi connectivity index (χ3n) is 3.02. The summed E-state index contributed by atoms with van der Waals surface area (Å²) in [6.07, 6.45) is 0. The first-order valence-electron chi connectivity index (χ1n) is 5.66. The molecule has 0 aliphatic carbocycles. The largest absolute Gasteiger partial charge is 0.396 e. The maximum absolute atomic E-state index is 13.4. The molecule has 1 aliphatic heterocycles. The number of aryl methyl sites for hydroxylation is 1. The molecular weight excluding hydrogens is 221 g/mol. The van der Waals surface area contributed by atoms with E-state index in [1.165, 1.54) is 6.07 Å². The molecule has 17 heavy (non-hydrogen) atoms. The van der Waals surface area contributed by atoms with Gasteiger partial charge in [0, 0.05) is 26.2 Å². The number of rotatable bonds is 1. The lowest BCUT2D eigenvalue weighted by Crippen LogP contribution is -2.46. The molecule has 0 radical (unpaired) electrons. The molecule has 2 rings (SSSR count). The summed E-state index contributed by atoms with van der Waals surface area (Å²) in [6.45, 7) is 4.56. The molecule has 0 spiro atoms. The van der Waals surface area contributed by atoms with E-state index in [9.17, 15) is 9.18 Å². The lowest BCUT2D eigenvalue weighted by Gasteiger charge is -2.28. The van der Waals surface area contributed by atoms with Gasteiger partial charge in [-0.25, -0.2) is 4.39 Å². The Labute approximate surface area is 99.6 Å². The molecule has 1 aromatic carbocycles. The first kappa shape index (κ1) is 11.9. The van der Waals surface area contributed by atoms with Crippen LogP contribution < -0.4 is 11.1 Å². The summed E-state index contributed by atoms with van der Waals surface area (Å²) >= 11 is 0. The molecule has 0 unspecified atom stereocenters. The summed E-state index contributed by atoms with van der Waals surface area (Å²) in [6, 6.07) is 2.88. The van der Waals surface area contributed by atoms with Crippen molar-refractivity contribution < 1.29 is 9.18 Å². The van der Waals surface area contributed by atoms with Crippen LogP contribution in [0.2, 0.25) is 0 Å². The number of nitrogens with two attached hydrogens (primary N) is 1. The topological polar surface area (TPSA) is 58.4 Å². The van der Waals surface area contributed by atoms with Gasteiger partial charge < -0.3 is 16.0 Å². The number of hydrogen-bond acceptors (Lipinski definition) is 3. The zero-order chi connectivity index (χ0) is 12.4. The van der Waals surface area contributed by atoms with Crippen LogP contribution in [-0.2, 0) is 0 Å². The normalized spacial score (nSPS) is 16.0. The lowest BCUT2D eigenvalue weighted by atomic mass is 10.0. The number of anilines is 1. The molecule has 92 valence electrons. The number of benzene rings is 1. The van der Waals surface area contributed by atoms with Crippen molar-refractivity contribution in [1.82, 2.24) is 10.2 Å². The fourth-order valence-electron chi connectivity index (χ4n) is 2.01. The summed E-state index contributed by atoms with van der Waals surface area (Å²) in [5.41, 5.74) is 6.62. The highest BCUT2D eigenvalue weighted by Crippen LogP contribution is 2.22. The fourth-order valence-corrected chi connectivity index (χ4v) is 2.01. The predicted molar refractivity (Wildman–Crippen MR) is 64.3 cm³/mol. The highest BCUT2D eigenvalue weighted by molar-refractivity contribution is 6.00. The molecule has 3 N–H and O–H groups in total. The van der Waals surface area contributed by atoms with Gasteiger partial charge in [0.05, 0.1) is 11.3 Å². The Balaban J connectivity index is 2.32. The Morgan fingerprint density at radius 2 is 2.06 bits per heavy atom. The average Bonchev–Trinajstić information content (AvgIpc) is 2.35. The minimum absolute atomic E-state index is 0.0477. The average molecular weight is 237 g/mol.